The van der Waals surface area contributed by atoms with Gasteiger partial charge in [-0.25, -0.2) is 9.97 Å². The Morgan fingerprint density at radius 3 is 1.73 bits per heavy atom. The second-order valence-corrected chi connectivity index (χ2v) is 6.89. The Balaban J connectivity index is 0.000000493. The number of aldehydes is 1. The predicted octanol–water partition coefficient (Wildman–Crippen LogP) is 6.71. The van der Waals surface area contributed by atoms with E-state index in [0.717, 1.165) is 32.3 Å². The van der Waals surface area contributed by atoms with Gasteiger partial charge in [0.05, 0.1) is 10.6 Å². The molecule has 2 aromatic carbocycles. The van der Waals surface area contributed by atoms with Gasteiger partial charge in [-0.2, -0.15) is 0 Å². The molecule has 0 saturated heterocycles. The molecule has 2 aromatic heterocycles. The number of halogens is 1. The zero-order chi connectivity index (χ0) is 25.4. The molecule has 2 heterocycles. The van der Waals surface area contributed by atoms with Gasteiger partial charge < -0.3 is 21.4 Å². The standard InChI is InChI=1S/C11H12N2O.C9H7BrN2.C2H4O.2C2H6/c1-7(14)10-9-5-3-2-4-8(9)6-13-11(10)12;10-8-7-4-2-1-3-6(7)5-12-9(8)11;1-2-3;2*1-2/h2-7,14H,1H3,(H2,12,13);1-5H,(H2,11,12);2H,1H3;2*1-2H3. The van der Waals surface area contributed by atoms with Gasteiger partial charge in [-0.15, -0.1) is 0 Å². The molecule has 0 aliphatic heterocycles. The first-order valence-electron chi connectivity index (χ1n) is 10.9. The third-order valence-electron chi connectivity index (χ3n) is 4.05. The molecular formula is C26H35BrN4O2. The summed E-state index contributed by atoms with van der Waals surface area (Å²) >= 11 is 3.39. The number of fused-ring (bicyclic) bond motifs is 2. The van der Waals surface area contributed by atoms with E-state index in [1.54, 1.807) is 19.3 Å². The molecule has 1 atom stereocenters. The van der Waals surface area contributed by atoms with Crippen LogP contribution in [-0.4, -0.2) is 21.4 Å². The molecule has 1 unspecified atom stereocenters. The Kier molecular flexibility index (Phi) is 15.1. The van der Waals surface area contributed by atoms with E-state index in [-0.39, 0.29) is 0 Å². The lowest BCUT2D eigenvalue weighted by molar-refractivity contribution is -0.106. The smallest absolute Gasteiger partial charge is 0.138 e. The summed E-state index contributed by atoms with van der Waals surface area (Å²) in [6, 6.07) is 15.7. The van der Waals surface area contributed by atoms with Crippen LogP contribution in [0.4, 0.5) is 11.6 Å². The summed E-state index contributed by atoms with van der Waals surface area (Å²) in [7, 11) is 0. The average molecular weight is 515 g/mol. The molecule has 33 heavy (non-hydrogen) atoms. The maximum atomic E-state index is 9.58. The van der Waals surface area contributed by atoms with Crippen molar-refractivity contribution in [3.8, 4) is 0 Å². The summed E-state index contributed by atoms with van der Waals surface area (Å²) in [5, 5.41) is 13.7. The molecule has 0 aliphatic carbocycles. The summed E-state index contributed by atoms with van der Waals surface area (Å²) < 4.78 is 0.876. The van der Waals surface area contributed by atoms with E-state index in [4.69, 9.17) is 16.3 Å². The molecule has 0 radical (unpaired) electrons. The number of aliphatic hydroxyl groups is 1. The molecule has 0 aliphatic rings. The lowest BCUT2D eigenvalue weighted by Gasteiger charge is -2.10. The van der Waals surface area contributed by atoms with Crippen molar-refractivity contribution in [2.24, 2.45) is 0 Å². The number of hydrogen-bond acceptors (Lipinski definition) is 6. The van der Waals surface area contributed by atoms with Gasteiger partial charge >= 0.3 is 0 Å². The molecule has 0 spiro atoms. The zero-order valence-corrected chi connectivity index (χ0v) is 21.8. The highest BCUT2D eigenvalue weighted by molar-refractivity contribution is 9.10. The lowest BCUT2D eigenvalue weighted by atomic mass is 10.0. The maximum Gasteiger partial charge on any atom is 0.138 e. The number of nitrogen functional groups attached to an aromatic ring is 2. The van der Waals surface area contributed by atoms with Gasteiger partial charge in [0.2, 0.25) is 0 Å². The van der Waals surface area contributed by atoms with Gasteiger partial charge in [-0.1, -0.05) is 76.2 Å². The normalized spacial score (nSPS) is 10.1. The van der Waals surface area contributed by atoms with Crippen LogP contribution >= 0.6 is 15.9 Å². The van der Waals surface area contributed by atoms with Crippen LogP contribution in [0.3, 0.4) is 0 Å². The van der Waals surface area contributed by atoms with Gasteiger partial charge in [0, 0.05) is 34.1 Å². The largest absolute Gasteiger partial charge is 0.389 e. The van der Waals surface area contributed by atoms with Crippen molar-refractivity contribution < 1.29 is 9.90 Å². The minimum atomic E-state index is -0.589. The highest BCUT2D eigenvalue weighted by Gasteiger charge is 2.10. The predicted molar refractivity (Wildman–Crippen MR) is 145 cm³/mol. The fourth-order valence-electron chi connectivity index (χ4n) is 2.78. The quantitative estimate of drug-likeness (QED) is 0.243. The summed E-state index contributed by atoms with van der Waals surface area (Å²) in [6.45, 7) is 11.1. The van der Waals surface area contributed by atoms with E-state index >= 15 is 0 Å². The second kappa shape index (κ2) is 16.6. The third kappa shape index (κ3) is 8.79. The van der Waals surface area contributed by atoms with Gasteiger partial charge in [0.1, 0.15) is 17.9 Å². The van der Waals surface area contributed by atoms with Gasteiger partial charge in [0.25, 0.3) is 0 Å². The summed E-state index contributed by atoms with van der Waals surface area (Å²) in [5.41, 5.74) is 12.1. The Labute approximate surface area is 205 Å². The SMILES string of the molecule is CC.CC.CC(O)c1c(N)ncc2ccccc12.CC=O.Nc1ncc2ccccc2c1Br. The Morgan fingerprint density at radius 2 is 1.24 bits per heavy atom. The van der Waals surface area contributed by atoms with Crippen molar-refractivity contribution in [3.63, 3.8) is 0 Å². The lowest BCUT2D eigenvalue weighted by Crippen LogP contribution is -2.01. The van der Waals surface area contributed by atoms with Crippen molar-refractivity contribution in [1.29, 1.82) is 0 Å². The molecular weight excluding hydrogens is 480 g/mol. The van der Waals surface area contributed by atoms with Crippen molar-refractivity contribution >= 4 is 55.4 Å². The number of aromatic nitrogens is 2. The number of nitrogens with two attached hydrogens (primary N) is 2. The highest BCUT2D eigenvalue weighted by atomic mass is 79.9. The first-order valence-corrected chi connectivity index (χ1v) is 11.7. The van der Waals surface area contributed by atoms with Crippen LogP contribution in [0, 0.1) is 0 Å². The van der Waals surface area contributed by atoms with Crippen molar-refractivity contribution in [1.82, 2.24) is 9.97 Å². The van der Waals surface area contributed by atoms with E-state index in [0.29, 0.717) is 17.2 Å². The molecule has 6 nitrogen and oxygen atoms in total. The topological polar surface area (TPSA) is 115 Å². The zero-order valence-electron chi connectivity index (χ0n) is 20.2. The number of hydrogen-bond donors (Lipinski definition) is 3. The minimum Gasteiger partial charge on any atom is -0.389 e. The molecule has 4 aromatic rings. The number of carbonyl (C=O) groups is 1. The average Bonchev–Trinajstić information content (AvgIpc) is 2.85. The molecule has 178 valence electrons. The molecule has 5 N–H and O–H groups in total. The fraction of sp³-hybridized carbons (Fsp3) is 0.269. The number of pyridine rings is 2. The highest BCUT2D eigenvalue weighted by Crippen LogP contribution is 2.28. The van der Waals surface area contributed by atoms with E-state index < -0.39 is 6.10 Å². The van der Waals surface area contributed by atoms with Crippen LogP contribution in [0.1, 0.15) is 53.2 Å². The fourth-order valence-corrected chi connectivity index (χ4v) is 3.25. The number of rotatable bonds is 1. The van der Waals surface area contributed by atoms with Crippen LogP contribution in [0.2, 0.25) is 0 Å². The third-order valence-corrected chi connectivity index (χ3v) is 4.89. The van der Waals surface area contributed by atoms with Gasteiger partial charge in [-0.05, 0) is 35.2 Å². The second-order valence-electron chi connectivity index (χ2n) is 6.10. The van der Waals surface area contributed by atoms with E-state index in [9.17, 15) is 5.11 Å². The van der Waals surface area contributed by atoms with Crippen molar-refractivity contribution in [2.75, 3.05) is 11.5 Å². The molecule has 0 bridgehead atoms. The Morgan fingerprint density at radius 1 is 0.848 bits per heavy atom. The molecule has 4 rings (SSSR count). The van der Waals surface area contributed by atoms with Crippen LogP contribution in [0.25, 0.3) is 21.5 Å². The Hall–Kier alpha value is -3.03. The molecule has 7 heteroatoms. The van der Waals surface area contributed by atoms with Gasteiger partial charge in [-0.3, -0.25) is 0 Å². The first-order chi connectivity index (χ1) is 15.9. The van der Waals surface area contributed by atoms with Crippen LogP contribution in [-0.2, 0) is 4.79 Å². The Bertz CT molecular complexity index is 1120. The first kappa shape index (κ1) is 30.0. The van der Waals surface area contributed by atoms with Crippen molar-refractivity contribution in [2.45, 2.75) is 47.6 Å². The number of nitrogens with zero attached hydrogens (tertiary/aromatic N) is 2. The van der Waals surface area contributed by atoms with Crippen LogP contribution in [0.5, 0.6) is 0 Å². The van der Waals surface area contributed by atoms with Crippen LogP contribution < -0.4 is 11.5 Å². The van der Waals surface area contributed by atoms with E-state index in [1.165, 1.54) is 6.92 Å². The minimum absolute atomic E-state index is 0.402. The van der Waals surface area contributed by atoms with Gasteiger partial charge in [0.15, 0.2) is 0 Å². The molecule has 0 saturated carbocycles. The number of carbonyl (C=O) groups excluding carboxylic acids is 1. The molecule has 0 fully saturated rings. The number of aliphatic hydroxyl groups excluding tert-OH is 1. The van der Waals surface area contributed by atoms with E-state index in [1.807, 2.05) is 76.2 Å². The van der Waals surface area contributed by atoms with Crippen molar-refractivity contribution in [3.05, 3.63) is 71.0 Å². The monoisotopic (exact) mass is 514 g/mol. The van der Waals surface area contributed by atoms with Crippen LogP contribution in [0.15, 0.2) is 65.4 Å². The number of anilines is 2. The maximum absolute atomic E-state index is 9.58. The number of benzene rings is 2. The summed E-state index contributed by atoms with van der Waals surface area (Å²) in [4.78, 5) is 16.9. The summed E-state index contributed by atoms with van der Waals surface area (Å²) in [6.07, 6.45) is 3.65. The molecule has 0 amide bonds. The van der Waals surface area contributed by atoms with E-state index in [2.05, 4.69) is 25.9 Å². The summed E-state index contributed by atoms with van der Waals surface area (Å²) in [5.74, 6) is 0.937.